The lowest BCUT2D eigenvalue weighted by atomic mass is 9.90. The summed E-state index contributed by atoms with van der Waals surface area (Å²) in [7, 11) is 0. The largest absolute Gasteiger partial charge is 0.480 e. The second kappa shape index (κ2) is 10.1. The molecule has 0 bridgehead atoms. The molecule has 0 saturated carbocycles. The highest BCUT2D eigenvalue weighted by atomic mass is 16.6. The summed E-state index contributed by atoms with van der Waals surface area (Å²) < 4.78 is 10.5. The van der Waals surface area contributed by atoms with E-state index >= 15 is 0 Å². The molecular formula is C21H30N2O6. The summed E-state index contributed by atoms with van der Waals surface area (Å²) in [6.07, 6.45) is 0.489. The van der Waals surface area contributed by atoms with E-state index in [-0.39, 0.29) is 18.6 Å². The first-order chi connectivity index (χ1) is 13.6. The van der Waals surface area contributed by atoms with Gasteiger partial charge in [0.1, 0.15) is 18.2 Å². The van der Waals surface area contributed by atoms with Gasteiger partial charge >= 0.3 is 18.2 Å². The number of carboxylic acid groups (broad SMARTS) is 1. The summed E-state index contributed by atoms with van der Waals surface area (Å²) >= 11 is 0. The van der Waals surface area contributed by atoms with Crippen LogP contribution in [0.15, 0.2) is 30.3 Å². The van der Waals surface area contributed by atoms with Crippen LogP contribution in [0.25, 0.3) is 0 Å². The molecule has 1 aliphatic rings. The molecular weight excluding hydrogens is 376 g/mol. The number of alkyl carbamates (subject to hydrolysis) is 1. The van der Waals surface area contributed by atoms with E-state index in [0.29, 0.717) is 32.4 Å². The average molecular weight is 406 g/mol. The smallest absolute Gasteiger partial charge is 0.410 e. The molecule has 2 rings (SSSR count). The van der Waals surface area contributed by atoms with Gasteiger partial charge in [0.15, 0.2) is 0 Å². The van der Waals surface area contributed by atoms with Crippen molar-refractivity contribution in [1.29, 1.82) is 0 Å². The molecule has 160 valence electrons. The van der Waals surface area contributed by atoms with Crippen molar-refractivity contribution in [1.82, 2.24) is 10.2 Å². The Hall–Kier alpha value is -2.77. The number of ether oxygens (including phenoxy) is 2. The first-order valence-corrected chi connectivity index (χ1v) is 9.82. The SMILES string of the molecule is CC(C)(C)OC(=O)N[C@H](CC1CCN(C(=O)OCc2ccccc2)CC1)C(=O)O. The molecule has 1 aromatic carbocycles. The first kappa shape index (κ1) is 22.5. The average Bonchev–Trinajstić information content (AvgIpc) is 2.65. The summed E-state index contributed by atoms with van der Waals surface area (Å²) in [5, 5.41) is 11.8. The molecule has 0 radical (unpaired) electrons. The standard InChI is InChI=1S/C21H30N2O6/c1-21(2,3)29-19(26)22-17(18(24)25)13-15-9-11-23(12-10-15)20(27)28-14-16-7-5-4-6-8-16/h4-8,15,17H,9-14H2,1-3H3,(H,22,26)(H,24,25)/t17-/m1/s1. The molecule has 2 amide bonds. The monoisotopic (exact) mass is 406 g/mol. The summed E-state index contributed by atoms with van der Waals surface area (Å²) in [6.45, 7) is 6.37. The highest BCUT2D eigenvalue weighted by Crippen LogP contribution is 2.23. The number of aliphatic carboxylic acids is 1. The lowest BCUT2D eigenvalue weighted by Crippen LogP contribution is -2.46. The van der Waals surface area contributed by atoms with Crippen molar-refractivity contribution in [2.24, 2.45) is 5.92 Å². The molecule has 0 aromatic heterocycles. The normalized spacial score (nSPS) is 16.0. The lowest BCUT2D eigenvalue weighted by Gasteiger charge is -2.32. The molecule has 1 heterocycles. The van der Waals surface area contributed by atoms with Gasteiger partial charge in [0.25, 0.3) is 0 Å². The molecule has 1 aromatic rings. The minimum atomic E-state index is -1.10. The molecule has 29 heavy (non-hydrogen) atoms. The van der Waals surface area contributed by atoms with Gasteiger partial charge in [-0.2, -0.15) is 0 Å². The van der Waals surface area contributed by atoms with E-state index in [2.05, 4.69) is 5.32 Å². The Morgan fingerprint density at radius 2 is 1.79 bits per heavy atom. The van der Waals surface area contributed by atoms with Gasteiger partial charge in [0, 0.05) is 13.1 Å². The van der Waals surface area contributed by atoms with Crippen LogP contribution in [0.1, 0.15) is 45.6 Å². The van der Waals surface area contributed by atoms with Gasteiger partial charge in [-0.3, -0.25) is 0 Å². The van der Waals surface area contributed by atoms with E-state index in [1.807, 2.05) is 30.3 Å². The van der Waals surface area contributed by atoms with Gasteiger partial charge in [-0.15, -0.1) is 0 Å². The number of hydrogen-bond acceptors (Lipinski definition) is 5. The third-order valence-electron chi connectivity index (χ3n) is 4.64. The molecule has 2 N–H and O–H groups in total. The van der Waals surface area contributed by atoms with Crippen LogP contribution in [0.2, 0.25) is 0 Å². The number of carboxylic acids is 1. The van der Waals surface area contributed by atoms with Crippen molar-refractivity contribution < 1.29 is 29.0 Å². The van der Waals surface area contributed by atoms with Crippen LogP contribution in [-0.2, 0) is 20.9 Å². The number of amides is 2. The Morgan fingerprint density at radius 3 is 2.34 bits per heavy atom. The van der Waals surface area contributed by atoms with E-state index in [9.17, 15) is 19.5 Å². The second-order valence-electron chi connectivity index (χ2n) is 8.24. The van der Waals surface area contributed by atoms with Gasteiger partial charge < -0.3 is 24.8 Å². The van der Waals surface area contributed by atoms with Crippen molar-refractivity contribution in [2.75, 3.05) is 13.1 Å². The maximum atomic E-state index is 12.2. The first-order valence-electron chi connectivity index (χ1n) is 9.82. The fourth-order valence-corrected chi connectivity index (χ4v) is 3.17. The van der Waals surface area contributed by atoms with E-state index in [1.165, 1.54) is 0 Å². The minimum Gasteiger partial charge on any atom is -0.480 e. The van der Waals surface area contributed by atoms with Gasteiger partial charge in [-0.1, -0.05) is 30.3 Å². The zero-order valence-electron chi connectivity index (χ0n) is 17.2. The van der Waals surface area contributed by atoms with Crippen LogP contribution < -0.4 is 5.32 Å². The summed E-state index contributed by atoms with van der Waals surface area (Å²) in [5.41, 5.74) is 0.228. The fourth-order valence-electron chi connectivity index (χ4n) is 3.17. The fraction of sp³-hybridized carbons (Fsp3) is 0.571. The number of carbonyl (C=O) groups is 3. The number of piperidine rings is 1. The maximum absolute atomic E-state index is 12.2. The van der Waals surface area contributed by atoms with Crippen LogP contribution in [0.3, 0.4) is 0 Å². The Kier molecular flexibility index (Phi) is 7.87. The van der Waals surface area contributed by atoms with Crippen molar-refractivity contribution >= 4 is 18.2 Å². The molecule has 8 nitrogen and oxygen atoms in total. The van der Waals surface area contributed by atoms with Crippen molar-refractivity contribution in [2.45, 2.75) is 58.3 Å². The quantitative estimate of drug-likeness (QED) is 0.750. The van der Waals surface area contributed by atoms with Crippen molar-refractivity contribution in [3.8, 4) is 0 Å². The Labute approximate surface area is 171 Å². The van der Waals surface area contributed by atoms with Gasteiger partial charge in [0.2, 0.25) is 0 Å². The molecule has 8 heteroatoms. The van der Waals surface area contributed by atoms with E-state index in [4.69, 9.17) is 9.47 Å². The maximum Gasteiger partial charge on any atom is 0.410 e. The van der Waals surface area contributed by atoms with Gasteiger partial charge in [-0.25, -0.2) is 14.4 Å². The highest BCUT2D eigenvalue weighted by Gasteiger charge is 2.30. The zero-order valence-corrected chi connectivity index (χ0v) is 17.2. The molecule has 0 spiro atoms. The van der Waals surface area contributed by atoms with Crippen LogP contribution in [-0.4, -0.2) is 52.9 Å². The van der Waals surface area contributed by atoms with E-state index < -0.39 is 23.7 Å². The van der Waals surface area contributed by atoms with Crippen molar-refractivity contribution in [3.63, 3.8) is 0 Å². The van der Waals surface area contributed by atoms with Crippen LogP contribution >= 0.6 is 0 Å². The molecule has 1 saturated heterocycles. The Balaban J connectivity index is 1.77. The summed E-state index contributed by atoms with van der Waals surface area (Å²) in [5.74, 6) is -1.01. The predicted octanol–water partition coefficient (Wildman–Crippen LogP) is 3.40. The molecule has 0 unspecified atom stereocenters. The van der Waals surface area contributed by atoms with E-state index in [1.54, 1.807) is 25.7 Å². The van der Waals surface area contributed by atoms with Gasteiger partial charge in [0.05, 0.1) is 0 Å². The second-order valence-corrected chi connectivity index (χ2v) is 8.24. The minimum absolute atomic E-state index is 0.0872. The van der Waals surface area contributed by atoms with Gasteiger partial charge in [-0.05, 0) is 51.5 Å². The predicted molar refractivity (Wildman–Crippen MR) is 106 cm³/mol. The van der Waals surface area contributed by atoms with Crippen LogP contribution in [0, 0.1) is 5.92 Å². The lowest BCUT2D eigenvalue weighted by molar-refractivity contribution is -0.140. The van der Waals surface area contributed by atoms with Crippen molar-refractivity contribution in [3.05, 3.63) is 35.9 Å². The highest BCUT2D eigenvalue weighted by molar-refractivity contribution is 5.80. The number of carbonyl (C=O) groups excluding carboxylic acids is 2. The van der Waals surface area contributed by atoms with Crippen LogP contribution in [0.4, 0.5) is 9.59 Å². The number of nitrogens with one attached hydrogen (secondary N) is 1. The third-order valence-corrected chi connectivity index (χ3v) is 4.64. The molecule has 1 aliphatic heterocycles. The third kappa shape index (κ3) is 8.01. The number of hydrogen-bond donors (Lipinski definition) is 2. The summed E-state index contributed by atoms with van der Waals surface area (Å²) in [6, 6.07) is 8.44. The molecule has 1 fully saturated rings. The molecule has 1 atom stereocenters. The topological polar surface area (TPSA) is 105 Å². The molecule has 0 aliphatic carbocycles. The number of rotatable bonds is 6. The number of benzene rings is 1. The number of likely N-dealkylation sites (tertiary alicyclic amines) is 1. The van der Waals surface area contributed by atoms with Crippen LogP contribution in [0.5, 0.6) is 0 Å². The Morgan fingerprint density at radius 1 is 1.17 bits per heavy atom. The summed E-state index contributed by atoms with van der Waals surface area (Å²) in [4.78, 5) is 37.2. The van der Waals surface area contributed by atoms with E-state index in [0.717, 1.165) is 5.56 Å². The number of nitrogens with zero attached hydrogens (tertiary/aromatic N) is 1. The Bertz CT molecular complexity index is 693. The zero-order chi connectivity index (χ0) is 21.4.